The van der Waals surface area contributed by atoms with Gasteiger partial charge in [0.2, 0.25) is 17.8 Å². The summed E-state index contributed by atoms with van der Waals surface area (Å²) in [4.78, 5) is 16.4. The summed E-state index contributed by atoms with van der Waals surface area (Å²) in [5.41, 5.74) is 2.44. The summed E-state index contributed by atoms with van der Waals surface area (Å²) in [5, 5.41) is 0. The van der Waals surface area contributed by atoms with Gasteiger partial charge in [-0.1, -0.05) is 0 Å². The van der Waals surface area contributed by atoms with Crippen LogP contribution in [0.1, 0.15) is 6.92 Å². The molecule has 8 heteroatoms. The average Bonchev–Trinajstić information content (AvgIpc) is 2.38. The second-order valence-corrected chi connectivity index (χ2v) is 3.92. The molecule has 3 N–H and O–H groups in total. The fraction of sp³-hybridized carbons (Fsp3) is 0.700. The molecule has 0 radical (unpaired) electrons. The Hall–Kier alpha value is -1.67. The van der Waals surface area contributed by atoms with E-state index in [2.05, 4.69) is 20.4 Å². The van der Waals surface area contributed by atoms with Crippen LogP contribution >= 0.6 is 0 Å². The van der Waals surface area contributed by atoms with Crippen molar-refractivity contribution in [2.45, 2.75) is 6.92 Å². The van der Waals surface area contributed by atoms with Crippen molar-refractivity contribution in [3.05, 3.63) is 0 Å². The molecule has 1 heterocycles. The average molecular weight is 255 g/mol. The highest BCUT2D eigenvalue weighted by molar-refractivity contribution is 5.43. The van der Waals surface area contributed by atoms with Crippen molar-refractivity contribution >= 4 is 17.8 Å². The third kappa shape index (κ3) is 3.97. The predicted molar refractivity (Wildman–Crippen MR) is 71.7 cm³/mol. The third-order valence-electron chi connectivity index (χ3n) is 2.26. The van der Waals surface area contributed by atoms with Crippen LogP contribution in [-0.2, 0) is 4.74 Å². The van der Waals surface area contributed by atoms with E-state index in [0.717, 1.165) is 0 Å². The van der Waals surface area contributed by atoms with E-state index in [1.54, 1.807) is 4.90 Å². The smallest absolute Gasteiger partial charge is 0.243 e. The number of likely N-dealkylation sites (N-methyl/N-ethyl adjacent to an activating group) is 1. The molecule has 0 atom stereocenters. The largest absolute Gasteiger partial charge is 0.380 e. The van der Waals surface area contributed by atoms with Crippen molar-refractivity contribution in [1.82, 2.24) is 15.0 Å². The van der Waals surface area contributed by atoms with Crippen LogP contribution < -0.4 is 21.1 Å². The molecule has 0 fully saturated rings. The maximum atomic E-state index is 5.35. The maximum Gasteiger partial charge on any atom is 0.243 e. The molecule has 8 nitrogen and oxygen atoms in total. The lowest BCUT2D eigenvalue weighted by molar-refractivity contribution is 0.154. The Labute approximate surface area is 107 Å². The van der Waals surface area contributed by atoms with Gasteiger partial charge in [-0.15, -0.1) is 0 Å². The summed E-state index contributed by atoms with van der Waals surface area (Å²) < 4.78 is 5.30. The molecular weight excluding hydrogens is 234 g/mol. The lowest BCUT2D eigenvalue weighted by Gasteiger charge is -2.19. The predicted octanol–water partition coefficient (Wildman–Crippen LogP) is -0.304. The van der Waals surface area contributed by atoms with E-state index >= 15 is 0 Å². The van der Waals surface area contributed by atoms with E-state index in [4.69, 9.17) is 10.6 Å². The Morgan fingerprint density at radius 2 is 1.83 bits per heavy atom. The first-order chi connectivity index (χ1) is 8.58. The molecule has 0 bridgehead atoms. The second-order valence-electron chi connectivity index (χ2n) is 3.92. The van der Waals surface area contributed by atoms with Crippen LogP contribution in [0, 0.1) is 0 Å². The highest BCUT2D eigenvalue weighted by Gasteiger charge is 2.10. The highest BCUT2D eigenvalue weighted by atomic mass is 16.5. The zero-order valence-corrected chi connectivity index (χ0v) is 11.3. The zero-order chi connectivity index (χ0) is 13.5. The van der Waals surface area contributed by atoms with E-state index in [1.165, 1.54) is 0 Å². The molecule has 0 aliphatic carbocycles. The van der Waals surface area contributed by atoms with Gasteiger partial charge < -0.3 is 14.5 Å². The van der Waals surface area contributed by atoms with Gasteiger partial charge in [-0.2, -0.15) is 15.0 Å². The van der Waals surface area contributed by atoms with Gasteiger partial charge in [0.25, 0.3) is 0 Å². The lowest BCUT2D eigenvalue weighted by Crippen LogP contribution is -2.27. The molecule has 1 aromatic rings. The Balaban J connectivity index is 2.82. The van der Waals surface area contributed by atoms with Gasteiger partial charge in [0, 0.05) is 34.3 Å². The first kappa shape index (κ1) is 14.4. The van der Waals surface area contributed by atoms with Gasteiger partial charge in [0.15, 0.2) is 0 Å². The van der Waals surface area contributed by atoms with Crippen LogP contribution in [0.4, 0.5) is 17.8 Å². The number of hydrogen-bond acceptors (Lipinski definition) is 8. The van der Waals surface area contributed by atoms with Gasteiger partial charge in [-0.05, 0) is 6.92 Å². The zero-order valence-electron chi connectivity index (χ0n) is 11.3. The SMILES string of the molecule is CCOCCN(C)c1nc(NN)nc(N(C)C)n1. The highest BCUT2D eigenvalue weighted by Crippen LogP contribution is 2.13. The van der Waals surface area contributed by atoms with Crippen LogP contribution in [-0.4, -0.2) is 55.9 Å². The van der Waals surface area contributed by atoms with Crippen LogP contribution in [0.15, 0.2) is 0 Å². The van der Waals surface area contributed by atoms with E-state index in [1.807, 2.05) is 33.0 Å². The standard InChI is InChI=1S/C10H21N7O/c1-5-18-7-6-17(4)10-13-8(15-11)12-9(14-10)16(2)3/h5-7,11H2,1-4H3,(H,12,13,14,15). The van der Waals surface area contributed by atoms with E-state index in [-0.39, 0.29) is 0 Å². The number of aromatic nitrogens is 3. The Kier molecular flexibility index (Phi) is 5.53. The van der Waals surface area contributed by atoms with Gasteiger partial charge >= 0.3 is 0 Å². The summed E-state index contributed by atoms with van der Waals surface area (Å²) in [5.74, 6) is 6.79. The third-order valence-corrected chi connectivity index (χ3v) is 2.26. The molecule has 0 saturated heterocycles. The number of hydrogen-bond donors (Lipinski definition) is 2. The number of nitrogen functional groups attached to an aromatic ring is 1. The van der Waals surface area contributed by atoms with E-state index in [0.29, 0.717) is 37.6 Å². The monoisotopic (exact) mass is 255 g/mol. The van der Waals surface area contributed by atoms with Crippen LogP contribution in [0.5, 0.6) is 0 Å². The number of hydrazine groups is 1. The summed E-state index contributed by atoms with van der Waals surface area (Å²) in [6, 6.07) is 0. The van der Waals surface area contributed by atoms with Crippen LogP contribution in [0.3, 0.4) is 0 Å². The molecule has 0 aromatic carbocycles. The maximum absolute atomic E-state index is 5.35. The quantitative estimate of drug-likeness (QED) is 0.389. The molecule has 1 aromatic heterocycles. The molecule has 18 heavy (non-hydrogen) atoms. The van der Waals surface area contributed by atoms with Crippen molar-refractivity contribution < 1.29 is 4.74 Å². The summed E-state index contributed by atoms with van der Waals surface area (Å²) in [7, 11) is 5.62. The molecule has 0 aliphatic heterocycles. The molecule has 0 spiro atoms. The number of nitrogens with two attached hydrogens (primary N) is 1. The Morgan fingerprint density at radius 1 is 1.17 bits per heavy atom. The van der Waals surface area contributed by atoms with Crippen molar-refractivity contribution in [1.29, 1.82) is 0 Å². The molecule has 0 saturated carbocycles. The number of rotatable bonds is 7. The minimum absolute atomic E-state index is 0.340. The molecule has 0 unspecified atom stereocenters. The van der Waals surface area contributed by atoms with E-state index < -0.39 is 0 Å². The summed E-state index contributed by atoms with van der Waals surface area (Å²) in [6.45, 7) is 3.99. The molecular formula is C10H21N7O. The number of nitrogens with one attached hydrogen (secondary N) is 1. The van der Waals surface area contributed by atoms with Gasteiger partial charge in [0.05, 0.1) is 6.61 Å². The van der Waals surface area contributed by atoms with Crippen molar-refractivity contribution in [3.63, 3.8) is 0 Å². The lowest BCUT2D eigenvalue weighted by atomic mass is 10.6. The van der Waals surface area contributed by atoms with Crippen LogP contribution in [0.25, 0.3) is 0 Å². The topological polar surface area (TPSA) is 92.4 Å². The van der Waals surface area contributed by atoms with Gasteiger partial charge in [-0.25, -0.2) is 5.84 Å². The number of anilines is 3. The van der Waals surface area contributed by atoms with Crippen LogP contribution in [0.2, 0.25) is 0 Å². The molecule has 1 rings (SSSR count). The van der Waals surface area contributed by atoms with Gasteiger partial charge in [0.1, 0.15) is 0 Å². The summed E-state index contributed by atoms with van der Waals surface area (Å²) >= 11 is 0. The summed E-state index contributed by atoms with van der Waals surface area (Å²) in [6.07, 6.45) is 0. The molecule has 102 valence electrons. The fourth-order valence-electron chi connectivity index (χ4n) is 1.23. The van der Waals surface area contributed by atoms with Crippen molar-refractivity contribution in [2.75, 3.05) is 56.1 Å². The van der Waals surface area contributed by atoms with Gasteiger partial charge in [-0.3, -0.25) is 5.43 Å². The normalized spacial score (nSPS) is 10.3. The number of nitrogens with zero attached hydrogens (tertiary/aromatic N) is 5. The fourth-order valence-corrected chi connectivity index (χ4v) is 1.23. The van der Waals surface area contributed by atoms with Crippen molar-refractivity contribution in [2.24, 2.45) is 5.84 Å². The molecule has 0 aliphatic rings. The molecule has 0 amide bonds. The second kappa shape index (κ2) is 6.92. The minimum atomic E-state index is 0.340. The number of ether oxygens (including phenoxy) is 1. The first-order valence-electron chi connectivity index (χ1n) is 5.77. The first-order valence-corrected chi connectivity index (χ1v) is 5.77. The Bertz CT molecular complexity index is 371. The Morgan fingerprint density at radius 3 is 2.39 bits per heavy atom. The minimum Gasteiger partial charge on any atom is -0.380 e. The van der Waals surface area contributed by atoms with E-state index in [9.17, 15) is 0 Å². The van der Waals surface area contributed by atoms with Crippen molar-refractivity contribution in [3.8, 4) is 0 Å².